The zero-order valence-corrected chi connectivity index (χ0v) is 29.1. The highest BCUT2D eigenvalue weighted by atomic mass is 28.4. The molecule has 2 aliphatic heterocycles. The lowest BCUT2D eigenvalue weighted by molar-refractivity contribution is -0.144. The summed E-state index contributed by atoms with van der Waals surface area (Å²) in [5.74, 6) is 0.676. The molecule has 1 amide bonds. The number of Topliss-reactive ketones (excluding diaryl/α,β-unsaturated/α-hetero) is 1. The number of ether oxygens (including phenoxy) is 3. The average molecular weight is 614 g/mol. The van der Waals surface area contributed by atoms with Crippen LogP contribution in [0, 0.1) is 11.8 Å². The van der Waals surface area contributed by atoms with Gasteiger partial charge in [0.1, 0.15) is 23.5 Å². The molecule has 1 aromatic rings. The molecule has 1 saturated heterocycles. The van der Waals surface area contributed by atoms with E-state index in [0.717, 1.165) is 31.3 Å². The van der Waals surface area contributed by atoms with Gasteiger partial charge in [0.2, 0.25) is 8.32 Å². The average Bonchev–Trinajstić information content (AvgIpc) is 3.29. The molecule has 3 aliphatic rings. The summed E-state index contributed by atoms with van der Waals surface area (Å²) in [5, 5.41) is 0. The van der Waals surface area contributed by atoms with Crippen LogP contribution in [0.15, 0.2) is 35.9 Å². The Balaban J connectivity index is 1.79. The molecule has 1 aromatic carbocycles. The van der Waals surface area contributed by atoms with Gasteiger partial charge >= 0.3 is 6.09 Å². The number of benzene rings is 1. The first-order chi connectivity index (χ1) is 20.2. The van der Waals surface area contributed by atoms with Crippen molar-refractivity contribution in [2.75, 3.05) is 18.6 Å². The number of hydrogen-bond acceptors (Lipinski definition) is 6. The number of fused-ring (bicyclic) bond motifs is 2. The molecule has 8 heteroatoms. The Kier molecular flexibility index (Phi) is 10.5. The molecule has 4 rings (SSSR count). The van der Waals surface area contributed by atoms with E-state index in [4.69, 9.17) is 18.6 Å². The summed E-state index contributed by atoms with van der Waals surface area (Å²) in [6, 6.07) is 6.41. The SMILES string of the molecule is COc1ccc(N(C(=O)OC(C)(C)C)[C@@H]2C(=O)[C@@H](C3CCCCC3)[C@@H]3C=C(CO[Si](C(C)C)(C(C)C)C(C)C)[C@H]2O3)cc1. The monoisotopic (exact) mass is 613 g/mol. The predicted molar refractivity (Wildman–Crippen MR) is 174 cm³/mol. The van der Waals surface area contributed by atoms with Gasteiger partial charge in [-0.2, -0.15) is 0 Å². The van der Waals surface area contributed by atoms with Crippen molar-refractivity contribution >= 4 is 25.9 Å². The molecular formula is C35H55NO6Si. The number of nitrogens with zero attached hydrogens (tertiary/aromatic N) is 1. The minimum atomic E-state index is -2.18. The molecule has 7 nitrogen and oxygen atoms in total. The second-order valence-corrected chi connectivity index (χ2v) is 20.1. The smallest absolute Gasteiger partial charge is 0.415 e. The van der Waals surface area contributed by atoms with Crippen molar-refractivity contribution in [2.24, 2.45) is 11.8 Å². The summed E-state index contributed by atoms with van der Waals surface area (Å²) in [5.41, 5.74) is 2.11. The van der Waals surface area contributed by atoms with E-state index in [9.17, 15) is 9.59 Å². The number of methoxy groups -OCH3 is 1. The number of carbonyl (C=O) groups excluding carboxylic acids is 2. The van der Waals surface area contributed by atoms with Gasteiger partial charge in [-0.05, 0) is 86.0 Å². The topological polar surface area (TPSA) is 74.3 Å². The molecule has 0 unspecified atom stereocenters. The van der Waals surface area contributed by atoms with Crippen LogP contribution in [0.1, 0.15) is 94.4 Å². The van der Waals surface area contributed by atoms with Gasteiger partial charge in [0.15, 0.2) is 5.78 Å². The minimum Gasteiger partial charge on any atom is -0.497 e. The molecule has 1 saturated carbocycles. The molecule has 240 valence electrons. The highest BCUT2D eigenvalue weighted by Gasteiger charge is 2.56. The standard InChI is InChI=1S/C35H55NO6Si/c1-22(2)43(23(3)4,24(5)6)40-21-26-20-29-30(25-14-12-11-13-15-25)32(37)31(33(26)41-29)36(34(38)42-35(7,8)9)27-16-18-28(39-10)19-17-27/h16-20,22-25,29-31,33H,11-15,21H2,1-10H3/t29-,30-,31+,33+/m0/s1. The summed E-state index contributed by atoms with van der Waals surface area (Å²) < 4.78 is 25.2. The Bertz CT molecular complexity index is 1130. The van der Waals surface area contributed by atoms with Crippen molar-refractivity contribution in [1.82, 2.24) is 0 Å². The first-order valence-corrected chi connectivity index (χ1v) is 18.5. The Hall–Kier alpha value is -2.16. The van der Waals surface area contributed by atoms with Crippen LogP contribution in [0.3, 0.4) is 0 Å². The predicted octanol–water partition coefficient (Wildman–Crippen LogP) is 8.47. The minimum absolute atomic E-state index is 0.0705. The fraction of sp³-hybridized carbons (Fsp3) is 0.714. The molecule has 0 spiro atoms. The zero-order valence-electron chi connectivity index (χ0n) is 28.1. The van der Waals surface area contributed by atoms with Gasteiger partial charge in [-0.25, -0.2) is 4.79 Å². The van der Waals surface area contributed by atoms with Gasteiger partial charge in [-0.3, -0.25) is 9.69 Å². The number of amides is 1. The second kappa shape index (κ2) is 13.5. The summed E-state index contributed by atoms with van der Waals surface area (Å²) in [7, 11) is -0.573. The first-order valence-electron chi connectivity index (χ1n) is 16.4. The van der Waals surface area contributed by atoms with Crippen LogP contribution in [0.4, 0.5) is 10.5 Å². The van der Waals surface area contributed by atoms with Crippen LogP contribution < -0.4 is 9.64 Å². The molecule has 4 atom stereocenters. The van der Waals surface area contributed by atoms with Crippen molar-refractivity contribution in [2.45, 2.75) is 135 Å². The third-order valence-electron chi connectivity index (χ3n) is 9.88. The van der Waals surface area contributed by atoms with Gasteiger partial charge in [0.05, 0.1) is 25.7 Å². The summed E-state index contributed by atoms with van der Waals surface area (Å²) in [6.07, 6.45) is 6.19. The van der Waals surface area contributed by atoms with Crippen LogP contribution in [0.5, 0.6) is 5.75 Å². The Labute approximate surface area is 260 Å². The summed E-state index contributed by atoms with van der Waals surface area (Å²) in [6.45, 7) is 19.6. The van der Waals surface area contributed by atoms with Crippen LogP contribution in [-0.2, 0) is 18.7 Å². The number of rotatable bonds is 10. The number of ketones is 1. The van der Waals surface area contributed by atoms with E-state index in [-0.39, 0.29) is 23.7 Å². The summed E-state index contributed by atoms with van der Waals surface area (Å²) in [4.78, 5) is 30.3. The Morgan fingerprint density at radius 3 is 2.07 bits per heavy atom. The lowest BCUT2D eigenvalue weighted by Gasteiger charge is -2.45. The normalized spacial score (nSPS) is 25.0. The highest BCUT2D eigenvalue weighted by molar-refractivity contribution is 6.77. The molecule has 0 aromatic heterocycles. The van der Waals surface area contributed by atoms with Gasteiger partial charge < -0.3 is 18.6 Å². The van der Waals surface area contributed by atoms with E-state index in [1.807, 2.05) is 45.0 Å². The van der Waals surface area contributed by atoms with Crippen LogP contribution in [-0.4, -0.2) is 57.8 Å². The highest BCUT2D eigenvalue weighted by Crippen LogP contribution is 2.47. The third kappa shape index (κ3) is 6.91. The van der Waals surface area contributed by atoms with Crippen LogP contribution >= 0.6 is 0 Å². The first kappa shape index (κ1) is 33.7. The van der Waals surface area contributed by atoms with Crippen LogP contribution in [0.2, 0.25) is 16.6 Å². The second-order valence-electron chi connectivity index (χ2n) is 14.7. The lowest BCUT2D eigenvalue weighted by Crippen LogP contribution is -2.61. The number of anilines is 1. The van der Waals surface area contributed by atoms with Crippen molar-refractivity contribution in [1.29, 1.82) is 0 Å². The van der Waals surface area contributed by atoms with E-state index in [1.54, 1.807) is 12.0 Å². The maximum atomic E-state index is 14.7. The van der Waals surface area contributed by atoms with Gasteiger partial charge in [-0.1, -0.05) is 66.9 Å². The fourth-order valence-electron chi connectivity index (χ4n) is 8.10. The largest absolute Gasteiger partial charge is 0.497 e. The molecular weight excluding hydrogens is 558 g/mol. The van der Waals surface area contributed by atoms with Crippen molar-refractivity contribution < 1.29 is 28.2 Å². The summed E-state index contributed by atoms with van der Waals surface area (Å²) >= 11 is 0. The zero-order chi connectivity index (χ0) is 31.7. The Morgan fingerprint density at radius 2 is 1.56 bits per heavy atom. The molecule has 0 N–H and O–H groups in total. The van der Waals surface area contributed by atoms with Crippen LogP contribution in [0.25, 0.3) is 0 Å². The van der Waals surface area contributed by atoms with E-state index < -0.39 is 32.2 Å². The molecule has 2 bridgehead atoms. The van der Waals surface area contributed by atoms with E-state index in [1.165, 1.54) is 6.42 Å². The van der Waals surface area contributed by atoms with Gasteiger partial charge in [0, 0.05) is 5.69 Å². The van der Waals surface area contributed by atoms with Crippen molar-refractivity contribution in [3.8, 4) is 5.75 Å². The molecule has 2 heterocycles. The molecule has 43 heavy (non-hydrogen) atoms. The maximum Gasteiger partial charge on any atom is 0.415 e. The molecule has 1 aliphatic carbocycles. The van der Waals surface area contributed by atoms with E-state index >= 15 is 0 Å². The van der Waals surface area contributed by atoms with Crippen molar-refractivity contribution in [3.05, 3.63) is 35.9 Å². The van der Waals surface area contributed by atoms with Gasteiger partial charge in [0.25, 0.3) is 0 Å². The lowest BCUT2D eigenvalue weighted by atomic mass is 9.73. The quantitative estimate of drug-likeness (QED) is 0.195. The number of carbonyl (C=O) groups is 2. The fourth-order valence-corrected chi connectivity index (χ4v) is 13.5. The van der Waals surface area contributed by atoms with Gasteiger partial charge in [-0.15, -0.1) is 0 Å². The molecule has 0 radical (unpaired) electrons. The Morgan fingerprint density at radius 1 is 0.977 bits per heavy atom. The van der Waals surface area contributed by atoms with E-state index in [0.29, 0.717) is 34.7 Å². The molecule has 2 fully saturated rings. The number of hydrogen-bond donors (Lipinski definition) is 0. The maximum absolute atomic E-state index is 14.7. The van der Waals surface area contributed by atoms with E-state index in [2.05, 4.69) is 47.6 Å². The van der Waals surface area contributed by atoms with Crippen molar-refractivity contribution in [3.63, 3.8) is 0 Å². The third-order valence-corrected chi connectivity index (χ3v) is 15.9.